The molecule has 0 aliphatic rings. The number of carboxylic acids is 1. The second-order valence-electron chi connectivity index (χ2n) is 2.76. The van der Waals surface area contributed by atoms with Crippen molar-refractivity contribution in [3.63, 3.8) is 0 Å². The zero-order chi connectivity index (χ0) is 12.3. The van der Waals surface area contributed by atoms with Gasteiger partial charge < -0.3 is 5.11 Å². The Hall–Kier alpha value is -0.640. The average Bonchev–Trinajstić information content (AvgIpc) is 2.21. The highest BCUT2D eigenvalue weighted by atomic mass is 79.9. The third-order valence-corrected chi connectivity index (χ3v) is 4.22. The largest absolute Gasteiger partial charge is 0.477 e. The molecule has 1 aromatic carbocycles. The van der Waals surface area contributed by atoms with E-state index in [0.717, 1.165) is 8.95 Å². The van der Waals surface area contributed by atoms with Crippen molar-refractivity contribution in [1.29, 1.82) is 5.26 Å². The number of hydrogen-bond acceptors (Lipinski definition) is 2. The van der Waals surface area contributed by atoms with Crippen molar-refractivity contribution in [3.05, 3.63) is 36.7 Å². The quantitative estimate of drug-likeness (QED) is 0.457. The van der Waals surface area contributed by atoms with Crippen molar-refractivity contribution < 1.29 is 9.90 Å². The van der Waals surface area contributed by atoms with Gasteiger partial charge in [0.1, 0.15) is 11.6 Å². The van der Waals surface area contributed by atoms with Crippen LogP contribution in [0.1, 0.15) is 5.56 Å². The molecular formula is C10H4Br3NO2. The third-order valence-electron chi connectivity index (χ3n) is 1.69. The summed E-state index contributed by atoms with van der Waals surface area (Å²) in [5, 5.41) is 17.4. The van der Waals surface area contributed by atoms with E-state index in [1.54, 1.807) is 18.2 Å². The first-order valence-electron chi connectivity index (χ1n) is 3.95. The molecule has 0 aliphatic carbocycles. The van der Waals surface area contributed by atoms with Crippen molar-refractivity contribution >= 4 is 59.8 Å². The van der Waals surface area contributed by atoms with Gasteiger partial charge in [0.2, 0.25) is 0 Å². The maximum absolute atomic E-state index is 10.7. The summed E-state index contributed by atoms with van der Waals surface area (Å²) in [6.07, 6.45) is 1.31. The highest BCUT2D eigenvalue weighted by molar-refractivity contribution is 9.13. The Balaban J connectivity index is 3.31. The lowest BCUT2D eigenvalue weighted by Crippen LogP contribution is -1.97. The molecule has 1 aromatic rings. The third kappa shape index (κ3) is 3.17. The van der Waals surface area contributed by atoms with Crippen LogP contribution in [0, 0.1) is 11.3 Å². The topological polar surface area (TPSA) is 61.1 Å². The first kappa shape index (κ1) is 13.4. The van der Waals surface area contributed by atoms with E-state index in [9.17, 15) is 4.79 Å². The van der Waals surface area contributed by atoms with Gasteiger partial charge in [0, 0.05) is 13.4 Å². The van der Waals surface area contributed by atoms with Crippen LogP contribution in [0.15, 0.2) is 31.1 Å². The Labute approximate surface area is 117 Å². The summed E-state index contributed by atoms with van der Waals surface area (Å²) in [4.78, 5) is 10.7. The van der Waals surface area contributed by atoms with E-state index in [4.69, 9.17) is 10.4 Å². The monoisotopic (exact) mass is 407 g/mol. The molecule has 0 saturated heterocycles. The van der Waals surface area contributed by atoms with Crippen LogP contribution in [-0.4, -0.2) is 11.1 Å². The van der Waals surface area contributed by atoms with Crippen molar-refractivity contribution in [2.45, 2.75) is 0 Å². The van der Waals surface area contributed by atoms with Crippen LogP contribution >= 0.6 is 47.8 Å². The molecule has 0 fully saturated rings. The molecule has 82 valence electrons. The molecule has 0 aromatic heterocycles. The van der Waals surface area contributed by atoms with Crippen LogP contribution in [0.4, 0.5) is 0 Å². The van der Waals surface area contributed by atoms with Crippen molar-refractivity contribution in [3.8, 4) is 6.07 Å². The van der Waals surface area contributed by atoms with Crippen LogP contribution in [0.2, 0.25) is 0 Å². The normalized spacial score (nSPS) is 11.0. The first-order chi connectivity index (χ1) is 7.45. The van der Waals surface area contributed by atoms with E-state index in [1.807, 2.05) is 0 Å². The van der Waals surface area contributed by atoms with Crippen LogP contribution in [0.25, 0.3) is 6.08 Å². The predicted octanol–water partition coefficient (Wildman–Crippen LogP) is 3.97. The fraction of sp³-hybridized carbons (Fsp3) is 0. The van der Waals surface area contributed by atoms with Crippen molar-refractivity contribution in [2.75, 3.05) is 0 Å². The number of carbonyl (C=O) groups is 1. The number of benzene rings is 1. The lowest BCUT2D eigenvalue weighted by atomic mass is 10.1. The van der Waals surface area contributed by atoms with Crippen LogP contribution < -0.4 is 0 Å². The van der Waals surface area contributed by atoms with Gasteiger partial charge in [-0.05, 0) is 55.6 Å². The van der Waals surface area contributed by atoms with E-state index in [2.05, 4.69) is 47.8 Å². The molecule has 0 radical (unpaired) electrons. The molecule has 1 rings (SSSR count). The molecule has 0 spiro atoms. The Morgan fingerprint density at radius 2 is 1.81 bits per heavy atom. The summed E-state index contributed by atoms with van der Waals surface area (Å²) < 4.78 is 2.33. The Morgan fingerprint density at radius 3 is 2.31 bits per heavy atom. The summed E-state index contributed by atoms with van der Waals surface area (Å²) in [7, 11) is 0. The smallest absolute Gasteiger partial charge is 0.346 e. The Morgan fingerprint density at radius 1 is 1.25 bits per heavy atom. The molecule has 0 atom stereocenters. The SMILES string of the molecule is N#C/C(=C\c1cc(Br)c(Br)cc1Br)C(=O)O. The Bertz CT molecular complexity index is 518. The maximum Gasteiger partial charge on any atom is 0.346 e. The van der Waals surface area contributed by atoms with E-state index in [-0.39, 0.29) is 5.57 Å². The van der Waals surface area contributed by atoms with E-state index >= 15 is 0 Å². The lowest BCUT2D eigenvalue weighted by molar-refractivity contribution is -0.132. The van der Waals surface area contributed by atoms with Gasteiger partial charge in [-0.25, -0.2) is 4.79 Å². The number of carboxylic acid groups (broad SMARTS) is 1. The molecule has 3 nitrogen and oxygen atoms in total. The number of aliphatic carboxylic acids is 1. The highest BCUT2D eigenvalue weighted by Gasteiger charge is 2.09. The summed E-state index contributed by atoms with van der Waals surface area (Å²) in [6.45, 7) is 0. The molecule has 1 N–H and O–H groups in total. The van der Waals surface area contributed by atoms with E-state index in [0.29, 0.717) is 10.0 Å². The predicted molar refractivity (Wildman–Crippen MR) is 70.8 cm³/mol. The second kappa shape index (κ2) is 5.62. The van der Waals surface area contributed by atoms with Gasteiger partial charge in [-0.3, -0.25) is 0 Å². The number of hydrogen-bond donors (Lipinski definition) is 1. The van der Waals surface area contributed by atoms with Gasteiger partial charge in [0.05, 0.1) is 0 Å². The summed E-state index contributed by atoms with van der Waals surface area (Å²) in [5.41, 5.74) is 0.309. The number of rotatable bonds is 2. The fourth-order valence-electron chi connectivity index (χ4n) is 0.946. The second-order valence-corrected chi connectivity index (χ2v) is 5.33. The fourth-order valence-corrected chi connectivity index (χ4v) is 2.42. The minimum absolute atomic E-state index is 0.310. The minimum atomic E-state index is -1.24. The van der Waals surface area contributed by atoms with Crippen molar-refractivity contribution in [2.24, 2.45) is 0 Å². The molecule has 6 heteroatoms. The average molecular weight is 410 g/mol. The molecule has 16 heavy (non-hydrogen) atoms. The van der Waals surface area contributed by atoms with Gasteiger partial charge >= 0.3 is 5.97 Å². The van der Waals surface area contributed by atoms with Gasteiger partial charge in [-0.2, -0.15) is 5.26 Å². The van der Waals surface area contributed by atoms with Crippen LogP contribution in [0.5, 0.6) is 0 Å². The van der Waals surface area contributed by atoms with Crippen LogP contribution in [-0.2, 0) is 4.79 Å². The molecule has 0 saturated carbocycles. The molecule has 0 heterocycles. The van der Waals surface area contributed by atoms with Crippen molar-refractivity contribution in [1.82, 2.24) is 0 Å². The molecular weight excluding hydrogens is 406 g/mol. The molecule has 0 bridgehead atoms. The zero-order valence-electron chi connectivity index (χ0n) is 7.67. The number of nitriles is 1. The molecule has 0 unspecified atom stereocenters. The summed E-state index contributed by atoms with van der Waals surface area (Å²) in [5.74, 6) is -1.24. The molecule has 0 aliphatic heterocycles. The van der Waals surface area contributed by atoms with Gasteiger partial charge in [-0.1, -0.05) is 15.9 Å². The maximum atomic E-state index is 10.7. The number of nitrogens with zero attached hydrogens (tertiary/aromatic N) is 1. The minimum Gasteiger partial charge on any atom is -0.477 e. The Kier molecular flexibility index (Phi) is 4.71. The standard InChI is InChI=1S/C10H4Br3NO2/c11-7-3-9(13)8(12)2-5(7)1-6(4-14)10(15)16/h1-3H,(H,15,16)/b6-1+. The van der Waals surface area contributed by atoms with Gasteiger partial charge in [0.25, 0.3) is 0 Å². The van der Waals surface area contributed by atoms with E-state index < -0.39 is 5.97 Å². The number of halogens is 3. The van der Waals surface area contributed by atoms with Gasteiger partial charge in [-0.15, -0.1) is 0 Å². The first-order valence-corrected chi connectivity index (χ1v) is 6.33. The summed E-state index contributed by atoms with van der Waals surface area (Å²) >= 11 is 9.91. The molecule has 0 amide bonds. The lowest BCUT2D eigenvalue weighted by Gasteiger charge is -2.02. The van der Waals surface area contributed by atoms with E-state index in [1.165, 1.54) is 6.08 Å². The summed E-state index contributed by atoms with van der Waals surface area (Å²) in [6, 6.07) is 5.11. The highest BCUT2D eigenvalue weighted by Crippen LogP contribution is 2.31. The van der Waals surface area contributed by atoms with Crippen LogP contribution in [0.3, 0.4) is 0 Å². The zero-order valence-corrected chi connectivity index (χ0v) is 12.4. The van der Waals surface area contributed by atoms with Gasteiger partial charge in [0.15, 0.2) is 0 Å².